The van der Waals surface area contributed by atoms with Gasteiger partial charge in [0.2, 0.25) is 0 Å². The van der Waals surface area contributed by atoms with Gasteiger partial charge in [-0.1, -0.05) is 6.07 Å². The first-order valence-electron chi connectivity index (χ1n) is 10.4. The molecule has 156 valence electrons. The first kappa shape index (κ1) is 18.9. The fourth-order valence-corrected chi connectivity index (χ4v) is 4.69. The van der Waals surface area contributed by atoms with E-state index in [0.29, 0.717) is 11.7 Å². The molecule has 0 aliphatic carbocycles. The van der Waals surface area contributed by atoms with Crippen LogP contribution in [0, 0.1) is 6.92 Å². The molecular formula is C22H27N7O. The largest absolute Gasteiger partial charge is 0.384 e. The number of hydrogen-bond acceptors (Lipinski definition) is 5. The van der Waals surface area contributed by atoms with Gasteiger partial charge in [-0.05, 0) is 44.0 Å². The van der Waals surface area contributed by atoms with Crippen molar-refractivity contribution >= 4 is 22.5 Å². The third-order valence-corrected chi connectivity index (χ3v) is 6.26. The van der Waals surface area contributed by atoms with Gasteiger partial charge in [0.25, 0.3) is 0 Å². The van der Waals surface area contributed by atoms with E-state index in [4.69, 9.17) is 10.7 Å². The number of fused-ring (bicyclic) bond motifs is 2. The van der Waals surface area contributed by atoms with Crippen molar-refractivity contribution in [3.8, 4) is 0 Å². The van der Waals surface area contributed by atoms with E-state index in [0.717, 1.165) is 60.5 Å². The highest BCUT2D eigenvalue weighted by atomic mass is 16.1. The first-order valence-corrected chi connectivity index (χ1v) is 10.4. The molecule has 1 aliphatic heterocycles. The van der Waals surface area contributed by atoms with Crippen LogP contribution in [0.25, 0.3) is 16.7 Å². The summed E-state index contributed by atoms with van der Waals surface area (Å²) in [6, 6.07) is 10.3. The smallest absolute Gasteiger partial charge is 0.328 e. The predicted octanol–water partition coefficient (Wildman–Crippen LogP) is 2.19. The SMILES string of the molecule is Cc1cc2nc([C@H]3CCCN(Cc4ccc5c(c4)n(C)c(=O)n5C)C3)cc(N)n2n1. The van der Waals surface area contributed by atoms with E-state index in [9.17, 15) is 4.79 Å². The lowest BCUT2D eigenvalue weighted by Gasteiger charge is -2.32. The molecule has 1 saturated heterocycles. The normalized spacial score (nSPS) is 17.9. The summed E-state index contributed by atoms with van der Waals surface area (Å²) in [5, 5.41) is 4.40. The molecular weight excluding hydrogens is 378 g/mol. The lowest BCUT2D eigenvalue weighted by atomic mass is 9.94. The molecule has 2 N–H and O–H groups in total. The molecule has 3 aromatic heterocycles. The van der Waals surface area contributed by atoms with Crippen molar-refractivity contribution in [2.45, 2.75) is 32.2 Å². The van der Waals surface area contributed by atoms with Crippen LogP contribution in [-0.4, -0.2) is 41.7 Å². The van der Waals surface area contributed by atoms with E-state index in [2.05, 4.69) is 22.1 Å². The molecule has 1 atom stereocenters. The van der Waals surface area contributed by atoms with Crippen LogP contribution in [0.15, 0.2) is 35.1 Å². The summed E-state index contributed by atoms with van der Waals surface area (Å²) in [6.07, 6.45) is 2.24. The van der Waals surface area contributed by atoms with Crippen LogP contribution >= 0.6 is 0 Å². The average Bonchev–Trinajstić information content (AvgIpc) is 3.21. The van der Waals surface area contributed by atoms with Gasteiger partial charge < -0.3 is 5.73 Å². The van der Waals surface area contributed by atoms with Crippen molar-refractivity contribution in [2.24, 2.45) is 14.1 Å². The van der Waals surface area contributed by atoms with Gasteiger partial charge in [-0.25, -0.2) is 9.78 Å². The van der Waals surface area contributed by atoms with Crippen LogP contribution in [0.4, 0.5) is 5.82 Å². The second-order valence-corrected chi connectivity index (χ2v) is 8.46. The second-order valence-electron chi connectivity index (χ2n) is 8.46. The monoisotopic (exact) mass is 405 g/mol. The summed E-state index contributed by atoms with van der Waals surface area (Å²) in [7, 11) is 3.65. The summed E-state index contributed by atoms with van der Waals surface area (Å²) in [5.41, 5.74) is 12.2. The molecule has 4 aromatic rings. The van der Waals surface area contributed by atoms with Crippen LogP contribution in [-0.2, 0) is 20.6 Å². The lowest BCUT2D eigenvalue weighted by molar-refractivity contribution is 0.198. The maximum absolute atomic E-state index is 12.2. The molecule has 0 amide bonds. The maximum atomic E-state index is 12.2. The third kappa shape index (κ3) is 3.08. The Balaban J connectivity index is 1.39. The number of nitrogens with two attached hydrogens (primary N) is 1. The Hall–Kier alpha value is -3.13. The highest BCUT2D eigenvalue weighted by Gasteiger charge is 2.24. The fraction of sp³-hybridized carbons (Fsp3) is 0.409. The number of imidazole rings is 1. The van der Waals surface area contributed by atoms with Crippen molar-refractivity contribution in [2.75, 3.05) is 18.8 Å². The molecule has 30 heavy (non-hydrogen) atoms. The molecule has 0 unspecified atom stereocenters. The first-order chi connectivity index (χ1) is 14.4. The Labute approximate surface area is 174 Å². The topological polar surface area (TPSA) is 86.4 Å². The van der Waals surface area contributed by atoms with Gasteiger partial charge >= 0.3 is 5.69 Å². The van der Waals surface area contributed by atoms with E-state index in [1.807, 2.05) is 39.2 Å². The van der Waals surface area contributed by atoms with E-state index < -0.39 is 0 Å². The summed E-state index contributed by atoms with van der Waals surface area (Å²) in [5.74, 6) is 0.988. The molecule has 1 aliphatic rings. The summed E-state index contributed by atoms with van der Waals surface area (Å²) in [4.78, 5) is 19.5. The molecule has 4 heterocycles. The molecule has 1 fully saturated rings. The highest BCUT2D eigenvalue weighted by molar-refractivity contribution is 5.76. The third-order valence-electron chi connectivity index (χ3n) is 6.26. The number of piperidine rings is 1. The number of anilines is 1. The zero-order valence-corrected chi connectivity index (χ0v) is 17.7. The van der Waals surface area contributed by atoms with Gasteiger partial charge in [-0.15, -0.1) is 0 Å². The van der Waals surface area contributed by atoms with Gasteiger partial charge in [-0.2, -0.15) is 9.61 Å². The van der Waals surface area contributed by atoms with Crippen molar-refractivity contribution < 1.29 is 0 Å². The maximum Gasteiger partial charge on any atom is 0.328 e. The van der Waals surface area contributed by atoms with Crippen molar-refractivity contribution in [3.05, 3.63) is 57.8 Å². The van der Waals surface area contributed by atoms with Crippen molar-refractivity contribution in [3.63, 3.8) is 0 Å². The Morgan fingerprint density at radius 1 is 1.13 bits per heavy atom. The Kier molecular flexibility index (Phi) is 4.39. The Morgan fingerprint density at radius 3 is 2.77 bits per heavy atom. The number of nitrogens with zero attached hydrogens (tertiary/aromatic N) is 6. The molecule has 0 bridgehead atoms. The average molecular weight is 406 g/mol. The van der Waals surface area contributed by atoms with E-state index >= 15 is 0 Å². The number of nitrogen functional groups attached to an aromatic ring is 1. The van der Waals surface area contributed by atoms with Gasteiger partial charge in [0.05, 0.1) is 22.4 Å². The number of benzene rings is 1. The molecule has 0 spiro atoms. The molecule has 0 saturated carbocycles. The van der Waals surface area contributed by atoms with Crippen LogP contribution < -0.4 is 11.4 Å². The summed E-state index contributed by atoms with van der Waals surface area (Å²) in [6.45, 7) is 4.82. The van der Waals surface area contributed by atoms with Crippen LogP contribution in [0.2, 0.25) is 0 Å². The zero-order valence-electron chi connectivity index (χ0n) is 17.7. The number of aryl methyl sites for hydroxylation is 3. The molecule has 0 radical (unpaired) electrons. The van der Waals surface area contributed by atoms with Crippen LogP contribution in [0.1, 0.15) is 35.7 Å². The van der Waals surface area contributed by atoms with Gasteiger partial charge in [0.1, 0.15) is 5.82 Å². The van der Waals surface area contributed by atoms with Gasteiger partial charge in [-0.3, -0.25) is 14.0 Å². The van der Waals surface area contributed by atoms with Crippen LogP contribution in [0.5, 0.6) is 0 Å². The Morgan fingerprint density at radius 2 is 1.93 bits per heavy atom. The quantitative estimate of drug-likeness (QED) is 0.565. The molecule has 8 nitrogen and oxygen atoms in total. The summed E-state index contributed by atoms with van der Waals surface area (Å²) < 4.78 is 5.12. The lowest BCUT2D eigenvalue weighted by Crippen LogP contribution is -2.34. The minimum Gasteiger partial charge on any atom is -0.384 e. The molecule has 5 rings (SSSR count). The van der Waals surface area contributed by atoms with E-state index in [1.54, 1.807) is 13.6 Å². The van der Waals surface area contributed by atoms with Crippen molar-refractivity contribution in [1.29, 1.82) is 0 Å². The van der Waals surface area contributed by atoms with Gasteiger partial charge in [0.15, 0.2) is 5.65 Å². The van der Waals surface area contributed by atoms with E-state index in [1.165, 1.54) is 5.56 Å². The highest BCUT2D eigenvalue weighted by Crippen LogP contribution is 2.28. The van der Waals surface area contributed by atoms with E-state index in [-0.39, 0.29) is 5.69 Å². The second kappa shape index (κ2) is 6.98. The number of hydrogen-bond donors (Lipinski definition) is 1. The number of aromatic nitrogens is 5. The minimum absolute atomic E-state index is 0.00866. The Bertz CT molecular complexity index is 1310. The standard InChI is InChI=1S/C22H27N7O/c1-14-9-21-24-17(11-20(23)29(21)25-14)16-5-4-8-28(13-16)12-15-6-7-18-19(10-15)27(3)22(30)26(18)2/h6-7,9-11,16H,4-5,8,12-13,23H2,1-3H3/t16-/m0/s1. The van der Waals surface area contributed by atoms with Crippen molar-refractivity contribution in [1.82, 2.24) is 28.6 Å². The minimum atomic E-state index is 0.00866. The zero-order chi connectivity index (χ0) is 21.0. The fourth-order valence-electron chi connectivity index (χ4n) is 4.69. The predicted molar refractivity (Wildman–Crippen MR) is 118 cm³/mol. The molecule has 1 aromatic carbocycles. The number of likely N-dealkylation sites (tertiary alicyclic amines) is 1. The number of rotatable bonds is 3. The van der Waals surface area contributed by atoms with Crippen LogP contribution in [0.3, 0.4) is 0 Å². The molecule has 8 heteroatoms. The summed E-state index contributed by atoms with van der Waals surface area (Å²) >= 11 is 0. The van der Waals surface area contributed by atoms with Gasteiger partial charge in [0, 0.05) is 45.2 Å².